The molecule has 0 atom stereocenters. The van der Waals surface area contributed by atoms with Gasteiger partial charge in [0.1, 0.15) is 17.7 Å². The molecule has 0 unspecified atom stereocenters. The molecule has 80 valence electrons. The third kappa shape index (κ3) is 1.75. The third-order valence-corrected chi connectivity index (χ3v) is 2.33. The summed E-state index contributed by atoms with van der Waals surface area (Å²) in [6.45, 7) is 0. The van der Waals surface area contributed by atoms with Crippen LogP contribution < -0.4 is 0 Å². The maximum absolute atomic E-state index is 8.77. The lowest BCUT2D eigenvalue weighted by Crippen LogP contribution is -1.90. The molecule has 0 spiro atoms. The molecule has 0 aromatic carbocycles. The van der Waals surface area contributed by atoms with E-state index in [1.165, 1.54) is 0 Å². The van der Waals surface area contributed by atoms with Gasteiger partial charge in [0.2, 0.25) is 0 Å². The predicted octanol–water partition coefficient (Wildman–Crippen LogP) is 0.967. The fourth-order valence-corrected chi connectivity index (χ4v) is 1.54. The summed E-state index contributed by atoms with van der Waals surface area (Å²) in [5.41, 5.74) is 0.143. The monoisotopic (exact) mass is 230 g/mol. The normalized spacial score (nSPS) is 11.7. The number of nitrogens with zero attached hydrogens (tertiary/aromatic N) is 6. The van der Waals surface area contributed by atoms with E-state index in [4.69, 9.17) is 31.6 Å². The predicted molar refractivity (Wildman–Crippen MR) is 54.7 cm³/mol. The van der Waals surface area contributed by atoms with Crippen molar-refractivity contribution in [1.29, 1.82) is 31.6 Å². The molecule has 0 fully saturated rings. The van der Waals surface area contributed by atoms with Crippen LogP contribution >= 0.6 is 0 Å². The van der Waals surface area contributed by atoms with Gasteiger partial charge in [0.25, 0.3) is 0 Å². The van der Waals surface area contributed by atoms with Gasteiger partial charge in [-0.25, -0.2) is 0 Å². The van der Waals surface area contributed by atoms with Crippen LogP contribution in [0.25, 0.3) is 0 Å². The van der Waals surface area contributed by atoms with E-state index in [-0.39, 0.29) is 22.3 Å². The van der Waals surface area contributed by atoms with Gasteiger partial charge in [-0.2, -0.15) is 31.6 Å². The van der Waals surface area contributed by atoms with E-state index in [1.807, 2.05) is 0 Å². The smallest absolute Gasteiger partial charge is 0.159 e. The molecule has 18 heavy (non-hydrogen) atoms. The number of hydrogen-bond acceptors (Lipinski definition) is 6. The molecule has 0 aromatic heterocycles. The second-order valence-corrected chi connectivity index (χ2v) is 3.18. The zero-order chi connectivity index (χ0) is 13.7. The fraction of sp³-hybridized carbons (Fsp3) is 0.167. The quantitative estimate of drug-likeness (QED) is 0.646. The van der Waals surface area contributed by atoms with E-state index in [2.05, 4.69) is 0 Å². The molecule has 0 aliphatic heterocycles. The second kappa shape index (κ2) is 4.96. The minimum absolute atomic E-state index is 0.112. The van der Waals surface area contributed by atoms with Crippen LogP contribution in [0, 0.1) is 79.8 Å². The van der Waals surface area contributed by atoms with Crippen LogP contribution in [-0.2, 0) is 0 Å². The average molecular weight is 230 g/mol. The van der Waals surface area contributed by atoms with Crippen LogP contribution in [0.2, 0.25) is 0 Å². The Kier molecular flexibility index (Phi) is 3.44. The molecule has 0 N–H and O–H groups in total. The Morgan fingerprint density at radius 1 is 0.667 bits per heavy atom. The molecular formula is C12H2N6. The highest BCUT2D eigenvalue weighted by Gasteiger charge is 2.43. The van der Waals surface area contributed by atoms with Crippen LogP contribution in [0.15, 0.2) is 22.3 Å². The Bertz CT molecular complexity index is 623. The lowest BCUT2D eigenvalue weighted by atomic mass is 10.1. The van der Waals surface area contributed by atoms with E-state index >= 15 is 0 Å². The lowest BCUT2D eigenvalue weighted by molar-refractivity contribution is 1.03. The number of hydrogen-bond donors (Lipinski definition) is 0. The minimum atomic E-state index is -1.17. The highest BCUT2D eigenvalue weighted by atomic mass is 14.5. The molecule has 0 heterocycles. The van der Waals surface area contributed by atoms with Crippen molar-refractivity contribution in [3.8, 4) is 36.4 Å². The summed E-state index contributed by atoms with van der Waals surface area (Å²) in [6, 6.07) is 9.99. The number of allylic oxidation sites excluding steroid dienone is 4. The van der Waals surface area contributed by atoms with Crippen LogP contribution in [0.5, 0.6) is 0 Å². The molecule has 1 aliphatic rings. The van der Waals surface area contributed by atoms with Crippen molar-refractivity contribution in [2.24, 2.45) is 11.8 Å². The van der Waals surface area contributed by atoms with Crippen molar-refractivity contribution in [1.82, 2.24) is 0 Å². The van der Waals surface area contributed by atoms with Crippen molar-refractivity contribution in [2.75, 3.05) is 0 Å². The molecule has 6 nitrogen and oxygen atoms in total. The van der Waals surface area contributed by atoms with Crippen molar-refractivity contribution >= 4 is 0 Å². The largest absolute Gasteiger partial charge is 0.196 e. The van der Waals surface area contributed by atoms with Gasteiger partial charge < -0.3 is 0 Å². The Labute approximate surface area is 103 Å². The molecule has 6 heteroatoms. The van der Waals surface area contributed by atoms with Crippen molar-refractivity contribution in [2.45, 2.75) is 0 Å². The fourth-order valence-electron chi connectivity index (χ4n) is 1.54. The summed E-state index contributed by atoms with van der Waals surface area (Å²) in [5.74, 6) is -2.34. The molecular weight excluding hydrogens is 228 g/mol. The highest BCUT2D eigenvalue weighted by molar-refractivity contribution is 5.78. The first kappa shape index (κ1) is 12.5. The van der Waals surface area contributed by atoms with Crippen LogP contribution in [0.4, 0.5) is 0 Å². The molecule has 0 bridgehead atoms. The highest BCUT2D eigenvalue weighted by Crippen LogP contribution is 2.49. The van der Waals surface area contributed by atoms with Crippen molar-refractivity contribution in [3.05, 3.63) is 22.3 Å². The minimum Gasteiger partial charge on any atom is -0.196 e. The third-order valence-electron chi connectivity index (χ3n) is 2.33. The molecule has 0 amide bonds. The van der Waals surface area contributed by atoms with Gasteiger partial charge in [-0.15, -0.1) is 0 Å². The molecule has 0 saturated carbocycles. The van der Waals surface area contributed by atoms with Gasteiger partial charge in [0, 0.05) is 5.57 Å². The second-order valence-electron chi connectivity index (χ2n) is 3.18. The van der Waals surface area contributed by atoms with Gasteiger partial charge >= 0.3 is 0 Å². The van der Waals surface area contributed by atoms with Gasteiger partial charge in [-0.3, -0.25) is 0 Å². The first-order chi connectivity index (χ1) is 8.69. The zero-order valence-corrected chi connectivity index (χ0v) is 8.84. The summed E-state index contributed by atoms with van der Waals surface area (Å²) in [6.07, 6.45) is 0. The van der Waals surface area contributed by atoms with Crippen LogP contribution in [0.3, 0.4) is 0 Å². The summed E-state index contributed by atoms with van der Waals surface area (Å²) in [7, 11) is 0. The van der Waals surface area contributed by atoms with Crippen LogP contribution in [0.1, 0.15) is 0 Å². The number of rotatable bonds is 2. The molecule has 0 aromatic rings. The zero-order valence-electron chi connectivity index (χ0n) is 8.84. The first-order valence-corrected chi connectivity index (χ1v) is 4.57. The van der Waals surface area contributed by atoms with E-state index in [1.54, 1.807) is 36.4 Å². The molecule has 0 radical (unpaired) electrons. The Balaban J connectivity index is 3.41. The lowest BCUT2D eigenvalue weighted by Gasteiger charge is -1.88. The molecule has 0 saturated heterocycles. The summed E-state index contributed by atoms with van der Waals surface area (Å²) in [4.78, 5) is 0. The van der Waals surface area contributed by atoms with Gasteiger partial charge in [-0.05, 0) is 11.1 Å². The Hall–Kier alpha value is -3.58. The average Bonchev–Trinajstić information content (AvgIpc) is 3.10. The van der Waals surface area contributed by atoms with Crippen LogP contribution in [-0.4, -0.2) is 0 Å². The van der Waals surface area contributed by atoms with E-state index in [0.29, 0.717) is 0 Å². The summed E-state index contributed by atoms with van der Waals surface area (Å²) >= 11 is 0. The van der Waals surface area contributed by atoms with Gasteiger partial charge in [-0.1, -0.05) is 0 Å². The molecule has 1 rings (SSSR count). The van der Waals surface area contributed by atoms with E-state index < -0.39 is 11.8 Å². The van der Waals surface area contributed by atoms with E-state index in [9.17, 15) is 0 Å². The topological polar surface area (TPSA) is 143 Å². The van der Waals surface area contributed by atoms with Crippen molar-refractivity contribution in [3.63, 3.8) is 0 Å². The Morgan fingerprint density at radius 3 is 1.22 bits per heavy atom. The molecule has 1 aliphatic carbocycles. The number of nitriles is 6. The van der Waals surface area contributed by atoms with Crippen molar-refractivity contribution < 1.29 is 0 Å². The standard InChI is InChI=1S/C12H2N6/c13-1-7(2-14)10-11(8(3-15)4-16)12(10)9(5-17)6-18/h7-8H. The van der Waals surface area contributed by atoms with Gasteiger partial charge in [0.15, 0.2) is 11.8 Å². The summed E-state index contributed by atoms with van der Waals surface area (Å²) < 4.78 is 0. The SMILES string of the molecule is N#CC(C#N)=C1C(C(C#N)C#N)=C1C(C#N)C#N. The van der Waals surface area contributed by atoms with E-state index in [0.717, 1.165) is 0 Å². The first-order valence-electron chi connectivity index (χ1n) is 4.57. The maximum Gasteiger partial charge on any atom is 0.159 e. The van der Waals surface area contributed by atoms with Gasteiger partial charge in [0.05, 0.1) is 24.3 Å². The maximum atomic E-state index is 8.77. The Morgan fingerprint density at radius 2 is 1.00 bits per heavy atom. The summed E-state index contributed by atoms with van der Waals surface area (Å²) in [5, 5.41) is 52.5.